The zero-order valence-electron chi connectivity index (χ0n) is 10.5. The summed E-state index contributed by atoms with van der Waals surface area (Å²) < 4.78 is 10.8. The van der Waals surface area contributed by atoms with Crippen LogP contribution in [0, 0.1) is 10.1 Å². The molecule has 1 N–H and O–H groups in total. The lowest BCUT2D eigenvalue weighted by atomic mass is 10.2. The summed E-state index contributed by atoms with van der Waals surface area (Å²) in [6, 6.07) is 6.41. The van der Waals surface area contributed by atoms with E-state index in [1.807, 2.05) is 13.8 Å². The van der Waals surface area contributed by atoms with Gasteiger partial charge in [0.25, 0.3) is 14.2 Å². The molecule has 1 aromatic carbocycles. The van der Waals surface area contributed by atoms with Gasteiger partial charge >= 0.3 is 0 Å². The Morgan fingerprint density at radius 3 is 2.22 bits per heavy atom. The maximum atomic E-state index is 10.5. The van der Waals surface area contributed by atoms with Gasteiger partial charge < -0.3 is 9.05 Å². The quantitative estimate of drug-likeness (QED) is 0.447. The number of benzene rings is 1. The molecule has 0 radical (unpaired) electrons. The molecule has 0 bridgehead atoms. The molecular weight excluding hydrogens is 255 g/mol. The van der Waals surface area contributed by atoms with Crippen molar-refractivity contribution >= 4 is 14.2 Å². The maximum absolute atomic E-state index is 10.5. The van der Waals surface area contributed by atoms with Crippen LogP contribution in [0.1, 0.15) is 19.4 Å². The fraction of sp³-hybridized carbons (Fsp3) is 0.455. The van der Waals surface area contributed by atoms with E-state index >= 15 is 0 Å². The lowest BCUT2D eigenvalue weighted by Crippen LogP contribution is -2.10. The van der Waals surface area contributed by atoms with Crippen molar-refractivity contribution in [2.45, 2.75) is 20.4 Å². The largest absolute Gasteiger partial charge is 0.322 e. The van der Waals surface area contributed by atoms with E-state index in [2.05, 4.69) is 5.09 Å². The van der Waals surface area contributed by atoms with Crippen LogP contribution >= 0.6 is 8.53 Å². The van der Waals surface area contributed by atoms with Gasteiger partial charge in [-0.3, -0.25) is 10.1 Å². The lowest BCUT2D eigenvalue weighted by molar-refractivity contribution is -0.384. The van der Waals surface area contributed by atoms with Crippen LogP contribution in [0.4, 0.5) is 5.69 Å². The Hall–Kier alpha value is -1.07. The highest BCUT2D eigenvalue weighted by Gasteiger charge is 2.09. The van der Waals surface area contributed by atoms with E-state index in [0.717, 1.165) is 5.56 Å². The van der Waals surface area contributed by atoms with Crippen LogP contribution in [0.5, 0.6) is 0 Å². The number of nitro groups is 1. The van der Waals surface area contributed by atoms with Gasteiger partial charge in [0.1, 0.15) is 0 Å². The number of nitro benzene ring substituents is 1. The van der Waals surface area contributed by atoms with E-state index in [-0.39, 0.29) is 5.69 Å². The van der Waals surface area contributed by atoms with Crippen LogP contribution in [-0.2, 0) is 15.6 Å². The van der Waals surface area contributed by atoms with Crippen molar-refractivity contribution in [1.29, 1.82) is 0 Å². The molecule has 0 spiro atoms. The zero-order chi connectivity index (χ0) is 13.4. The SMILES string of the molecule is CCOP(NCc1ccc([N+](=O)[O-])cc1)OCC. The molecule has 100 valence electrons. The highest BCUT2D eigenvalue weighted by molar-refractivity contribution is 7.44. The van der Waals surface area contributed by atoms with Crippen LogP contribution in [0.15, 0.2) is 24.3 Å². The van der Waals surface area contributed by atoms with Gasteiger partial charge in [0.2, 0.25) is 0 Å². The average molecular weight is 272 g/mol. The first-order chi connectivity index (χ1) is 8.67. The summed E-state index contributed by atoms with van der Waals surface area (Å²) in [6.07, 6.45) is 0. The molecule has 0 unspecified atom stereocenters. The summed E-state index contributed by atoms with van der Waals surface area (Å²) in [5.41, 5.74) is 1.04. The first-order valence-corrected chi connectivity index (χ1v) is 6.88. The molecule has 0 fully saturated rings. The average Bonchev–Trinajstić information content (AvgIpc) is 2.37. The van der Waals surface area contributed by atoms with E-state index in [1.165, 1.54) is 12.1 Å². The monoisotopic (exact) mass is 272 g/mol. The Morgan fingerprint density at radius 1 is 1.22 bits per heavy atom. The molecule has 1 rings (SSSR count). The molecule has 0 aromatic heterocycles. The Bertz CT molecular complexity index is 366. The second kappa shape index (κ2) is 8.11. The Kier molecular flexibility index (Phi) is 6.75. The topological polar surface area (TPSA) is 73.6 Å². The highest BCUT2D eigenvalue weighted by atomic mass is 31.2. The molecule has 0 heterocycles. The Morgan fingerprint density at radius 2 is 1.78 bits per heavy atom. The number of hydrogen-bond donors (Lipinski definition) is 1. The molecule has 0 amide bonds. The third-order valence-electron chi connectivity index (χ3n) is 2.05. The van der Waals surface area contributed by atoms with Gasteiger partial charge in [-0.1, -0.05) is 12.1 Å². The van der Waals surface area contributed by atoms with Crippen LogP contribution in [-0.4, -0.2) is 18.1 Å². The van der Waals surface area contributed by atoms with E-state index in [0.29, 0.717) is 19.8 Å². The smallest absolute Gasteiger partial charge is 0.269 e. The van der Waals surface area contributed by atoms with E-state index in [9.17, 15) is 10.1 Å². The number of nitrogens with zero attached hydrogens (tertiary/aromatic N) is 1. The van der Waals surface area contributed by atoms with Gasteiger partial charge in [0.15, 0.2) is 0 Å². The molecule has 0 saturated heterocycles. The first-order valence-electron chi connectivity index (χ1n) is 5.70. The third kappa shape index (κ3) is 5.06. The van der Waals surface area contributed by atoms with Gasteiger partial charge in [0.05, 0.1) is 18.1 Å². The second-order valence-corrected chi connectivity index (χ2v) is 4.70. The number of nitrogens with one attached hydrogen (secondary N) is 1. The molecule has 0 atom stereocenters. The van der Waals surface area contributed by atoms with Crippen molar-refractivity contribution < 1.29 is 14.0 Å². The minimum Gasteiger partial charge on any atom is -0.322 e. The minimum absolute atomic E-state index is 0.0932. The molecule has 0 saturated carbocycles. The highest BCUT2D eigenvalue weighted by Crippen LogP contribution is 2.33. The molecular formula is C11H17N2O4P. The molecule has 18 heavy (non-hydrogen) atoms. The second-order valence-electron chi connectivity index (χ2n) is 3.35. The molecule has 0 aliphatic rings. The third-order valence-corrected chi connectivity index (χ3v) is 3.45. The lowest BCUT2D eigenvalue weighted by Gasteiger charge is -2.16. The van der Waals surface area contributed by atoms with Crippen molar-refractivity contribution in [2.24, 2.45) is 0 Å². The molecule has 6 nitrogen and oxygen atoms in total. The molecule has 1 aromatic rings. The summed E-state index contributed by atoms with van der Waals surface area (Å²) in [6.45, 7) is 5.53. The van der Waals surface area contributed by atoms with E-state index in [1.54, 1.807) is 12.1 Å². The van der Waals surface area contributed by atoms with E-state index in [4.69, 9.17) is 9.05 Å². The number of hydrogen-bond acceptors (Lipinski definition) is 5. The van der Waals surface area contributed by atoms with E-state index < -0.39 is 13.4 Å². The predicted octanol–water partition coefficient (Wildman–Crippen LogP) is 2.98. The fourth-order valence-electron chi connectivity index (χ4n) is 1.25. The summed E-state index contributed by atoms with van der Waals surface area (Å²) in [7, 11) is -1.09. The molecule has 7 heteroatoms. The van der Waals surface area contributed by atoms with Crippen molar-refractivity contribution in [1.82, 2.24) is 5.09 Å². The van der Waals surface area contributed by atoms with Crippen LogP contribution < -0.4 is 5.09 Å². The Balaban J connectivity index is 2.48. The summed E-state index contributed by atoms with van der Waals surface area (Å²) in [5.74, 6) is 0. The standard InChI is InChI=1S/C11H17N2O4P/c1-3-16-18(17-4-2)12-9-10-5-7-11(8-6-10)13(14)15/h5-8,12H,3-4,9H2,1-2H3. The molecule has 0 aliphatic heterocycles. The maximum Gasteiger partial charge on any atom is 0.269 e. The van der Waals surface area contributed by atoms with Crippen molar-refractivity contribution in [3.63, 3.8) is 0 Å². The van der Waals surface area contributed by atoms with Gasteiger partial charge in [0, 0.05) is 18.7 Å². The van der Waals surface area contributed by atoms with Crippen LogP contribution in [0.25, 0.3) is 0 Å². The Labute approximate surface area is 107 Å². The van der Waals surface area contributed by atoms with Gasteiger partial charge in [-0.2, -0.15) is 0 Å². The summed E-state index contributed by atoms with van der Waals surface area (Å²) in [5, 5.41) is 13.6. The van der Waals surface area contributed by atoms with Gasteiger partial charge in [-0.15, -0.1) is 0 Å². The minimum atomic E-state index is -1.09. The zero-order valence-corrected chi connectivity index (χ0v) is 11.4. The number of non-ortho nitro benzene ring substituents is 1. The predicted molar refractivity (Wildman–Crippen MR) is 70.1 cm³/mol. The normalized spacial score (nSPS) is 10.8. The van der Waals surface area contributed by atoms with Gasteiger partial charge in [-0.25, -0.2) is 5.09 Å². The summed E-state index contributed by atoms with van der Waals surface area (Å²) in [4.78, 5) is 10.1. The van der Waals surface area contributed by atoms with Crippen molar-refractivity contribution in [3.05, 3.63) is 39.9 Å². The van der Waals surface area contributed by atoms with Crippen LogP contribution in [0.3, 0.4) is 0 Å². The van der Waals surface area contributed by atoms with Crippen LogP contribution in [0.2, 0.25) is 0 Å². The first kappa shape index (κ1) is 15.0. The van der Waals surface area contributed by atoms with Crippen molar-refractivity contribution in [3.8, 4) is 0 Å². The summed E-state index contributed by atoms with van der Waals surface area (Å²) >= 11 is 0. The van der Waals surface area contributed by atoms with Gasteiger partial charge in [-0.05, 0) is 19.4 Å². The van der Waals surface area contributed by atoms with Crippen molar-refractivity contribution in [2.75, 3.05) is 13.2 Å². The molecule has 0 aliphatic carbocycles. The number of rotatable bonds is 8. The fourth-order valence-corrected chi connectivity index (χ4v) is 2.29.